The Morgan fingerprint density at radius 3 is 2.70 bits per heavy atom. The molecular formula is C16H14N4O3. The number of phenolic OH excluding ortho intramolecular Hbond substituents is 1. The van der Waals surface area contributed by atoms with Gasteiger partial charge in [-0.3, -0.25) is 14.7 Å². The van der Waals surface area contributed by atoms with Gasteiger partial charge < -0.3 is 16.2 Å². The monoisotopic (exact) mass is 310 g/mol. The first-order valence-electron chi connectivity index (χ1n) is 6.84. The number of amides is 2. The topological polar surface area (TPSA) is 121 Å². The van der Waals surface area contributed by atoms with Gasteiger partial charge in [0.1, 0.15) is 5.75 Å². The van der Waals surface area contributed by atoms with Gasteiger partial charge in [0, 0.05) is 23.4 Å². The summed E-state index contributed by atoms with van der Waals surface area (Å²) in [7, 11) is 0. The molecule has 0 unspecified atom stereocenters. The Bertz CT molecular complexity index is 930. The lowest BCUT2D eigenvalue weighted by atomic mass is 10.0. The molecule has 7 heteroatoms. The maximum Gasteiger partial charge on any atom is 0.248 e. The zero-order chi connectivity index (χ0) is 16.6. The maximum absolute atomic E-state index is 11.3. The largest absolute Gasteiger partial charge is 0.506 e. The van der Waals surface area contributed by atoms with Gasteiger partial charge in [0.15, 0.2) is 0 Å². The van der Waals surface area contributed by atoms with Crippen molar-refractivity contribution in [2.75, 3.05) is 5.32 Å². The van der Waals surface area contributed by atoms with Crippen molar-refractivity contribution >= 4 is 28.4 Å². The summed E-state index contributed by atoms with van der Waals surface area (Å²) in [6.07, 6.45) is 0. The van der Waals surface area contributed by atoms with Crippen LogP contribution in [0.4, 0.5) is 5.69 Å². The van der Waals surface area contributed by atoms with E-state index in [1.54, 1.807) is 30.3 Å². The molecule has 0 aliphatic rings. The number of aromatic amines is 1. The summed E-state index contributed by atoms with van der Waals surface area (Å²) in [5.41, 5.74) is 8.00. The lowest BCUT2D eigenvalue weighted by Gasteiger charge is -2.07. The SMILES string of the molecule is CC(=O)Nc1cc(-c2n[nH]c3ccc(C(N)=O)cc23)ccc1O. The summed E-state index contributed by atoms with van der Waals surface area (Å²) in [4.78, 5) is 22.5. The van der Waals surface area contributed by atoms with Gasteiger partial charge in [0.25, 0.3) is 0 Å². The van der Waals surface area contributed by atoms with Gasteiger partial charge in [-0.15, -0.1) is 0 Å². The highest BCUT2D eigenvalue weighted by molar-refractivity contribution is 6.01. The minimum Gasteiger partial charge on any atom is -0.506 e. The van der Waals surface area contributed by atoms with Crippen molar-refractivity contribution in [3.63, 3.8) is 0 Å². The molecule has 0 spiro atoms. The van der Waals surface area contributed by atoms with E-state index in [-0.39, 0.29) is 17.3 Å². The van der Waals surface area contributed by atoms with Crippen LogP contribution in [-0.2, 0) is 4.79 Å². The molecule has 0 aliphatic heterocycles. The van der Waals surface area contributed by atoms with Crippen LogP contribution in [0.3, 0.4) is 0 Å². The van der Waals surface area contributed by atoms with Crippen molar-refractivity contribution in [1.82, 2.24) is 10.2 Å². The summed E-state index contributed by atoms with van der Waals surface area (Å²) in [6, 6.07) is 9.75. The Labute approximate surface area is 131 Å². The van der Waals surface area contributed by atoms with Gasteiger partial charge in [-0.25, -0.2) is 0 Å². The lowest BCUT2D eigenvalue weighted by molar-refractivity contribution is -0.114. The predicted octanol–water partition coefficient (Wildman–Crippen LogP) is 1.99. The molecule has 0 atom stereocenters. The number of phenols is 1. The number of benzene rings is 2. The van der Waals surface area contributed by atoms with Crippen LogP contribution in [0.5, 0.6) is 5.75 Å². The molecule has 1 aromatic heterocycles. The Kier molecular flexibility index (Phi) is 3.46. The average Bonchev–Trinajstić information content (AvgIpc) is 2.92. The highest BCUT2D eigenvalue weighted by Gasteiger charge is 2.13. The molecule has 3 aromatic rings. The average molecular weight is 310 g/mol. The van der Waals surface area contributed by atoms with Gasteiger partial charge >= 0.3 is 0 Å². The normalized spacial score (nSPS) is 10.7. The second-order valence-corrected chi connectivity index (χ2v) is 5.11. The van der Waals surface area contributed by atoms with Crippen LogP contribution in [0.25, 0.3) is 22.2 Å². The van der Waals surface area contributed by atoms with E-state index in [1.165, 1.54) is 13.0 Å². The van der Waals surface area contributed by atoms with E-state index < -0.39 is 5.91 Å². The Balaban J connectivity index is 2.14. The van der Waals surface area contributed by atoms with E-state index in [0.29, 0.717) is 16.8 Å². The number of nitrogens with one attached hydrogen (secondary N) is 2. The minimum atomic E-state index is -0.524. The number of nitrogens with zero attached hydrogens (tertiary/aromatic N) is 1. The molecule has 7 nitrogen and oxygen atoms in total. The molecule has 2 aromatic carbocycles. The number of carbonyl (C=O) groups excluding carboxylic acids is 2. The third kappa shape index (κ3) is 2.71. The van der Waals surface area contributed by atoms with Crippen LogP contribution in [0.15, 0.2) is 36.4 Å². The molecule has 0 saturated heterocycles. The number of H-pyrrole nitrogens is 1. The van der Waals surface area contributed by atoms with Gasteiger partial charge in [-0.05, 0) is 36.4 Å². The Morgan fingerprint density at radius 2 is 2.00 bits per heavy atom. The molecule has 3 rings (SSSR count). The molecule has 2 amide bonds. The van der Waals surface area contributed by atoms with Gasteiger partial charge in [-0.1, -0.05) is 0 Å². The third-order valence-corrected chi connectivity index (χ3v) is 3.43. The predicted molar refractivity (Wildman–Crippen MR) is 86.0 cm³/mol. The lowest BCUT2D eigenvalue weighted by Crippen LogP contribution is -2.10. The Morgan fingerprint density at radius 1 is 1.22 bits per heavy atom. The fraction of sp³-hybridized carbons (Fsp3) is 0.0625. The van der Waals surface area contributed by atoms with Crippen molar-refractivity contribution in [3.05, 3.63) is 42.0 Å². The highest BCUT2D eigenvalue weighted by atomic mass is 16.3. The smallest absolute Gasteiger partial charge is 0.248 e. The highest BCUT2D eigenvalue weighted by Crippen LogP contribution is 2.32. The van der Waals surface area contributed by atoms with E-state index in [1.807, 2.05) is 0 Å². The van der Waals surface area contributed by atoms with Crippen molar-refractivity contribution in [3.8, 4) is 17.0 Å². The number of aromatic hydroxyl groups is 1. The van der Waals surface area contributed by atoms with E-state index in [4.69, 9.17) is 5.73 Å². The number of anilines is 1. The van der Waals surface area contributed by atoms with E-state index >= 15 is 0 Å². The first-order valence-corrected chi connectivity index (χ1v) is 6.84. The molecule has 0 fully saturated rings. The summed E-state index contributed by atoms with van der Waals surface area (Å²) in [5, 5.41) is 20.2. The van der Waals surface area contributed by atoms with E-state index in [0.717, 1.165) is 10.9 Å². The van der Waals surface area contributed by atoms with Crippen LogP contribution in [0.2, 0.25) is 0 Å². The number of fused-ring (bicyclic) bond motifs is 1. The molecular weight excluding hydrogens is 296 g/mol. The first-order chi connectivity index (χ1) is 11.0. The van der Waals surface area contributed by atoms with Crippen LogP contribution in [0, 0.1) is 0 Å². The fourth-order valence-corrected chi connectivity index (χ4v) is 2.36. The number of carbonyl (C=O) groups is 2. The molecule has 116 valence electrons. The van der Waals surface area contributed by atoms with E-state index in [2.05, 4.69) is 15.5 Å². The molecule has 5 N–H and O–H groups in total. The van der Waals surface area contributed by atoms with Crippen molar-refractivity contribution in [2.45, 2.75) is 6.92 Å². The van der Waals surface area contributed by atoms with Crippen LogP contribution < -0.4 is 11.1 Å². The van der Waals surface area contributed by atoms with E-state index in [9.17, 15) is 14.7 Å². The molecule has 23 heavy (non-hydrogen) atoms. The number of hydrogen-bond donors (Lipinski definition) is 4. The fourth-order valence-electron chi connectivity index (χ4n) is 2.36. The molecule has 0 saturated carbocycles. The summed E-state index contributed by atoms with van der Waals surface area (Å²) in [5.74, 6) is -0.856. The molecule has 0 bridgehead atoms. The Hall–Kier alpha value is -3.35. The van der Waals surface area contributed by atoms with Gasteiger partial charge in [-0.2, -0.15) is 5.10 Å². The molecule has 1 heterocycles. The maximum atomic E-state index is 11.3. The number of aromatic nitrogens is 2. The van der Waals surface area contributed by atoms with Gasteiger partial charge in [0.2, 0.25) is 11.8 Å². The standard InChI is InChI=1S/C16H14N4O3/c1-8(21)18-13-7-9(3-5-14(13)22)15-11-6-10(16(17)23)2-4-12(11)19-20-15/h2-7,22H,1H3,(H2,17,23)(H,18,21)(H,19,20). The molecule has 0 aliphatic carbocycles. The number of rotatable bonds is 3. The first kappa shape index (κ1) is 14.6. The van der Waals surface area contributed by atoms with Crippen molar-refractivity contribution in [1.29, 1.82) is 0 Å². The van der Waals surface area contributed by atoms with Crippen LogP contribution in [0.1, 0.15) is 17.3 Å². The summed E-state index contributed by atoms with van der Waals surface area (Å²) < 4.78 is 0. The van der Waals surface area contributed by atoms with Gasteiger partial charge in [0.05, 0.1) is 16.9 Å². The number of primary amides is 1. The summed E-state index contributed by atoms with van der Waals surface area (Å²) >= 11 is 0. The van der Waals surface area contributed by atoms with Crippen LogP contribution in [-0.4, -0.2) is 27.1 Å². The number of hydrogen-bond acceptors (Lipinski definition) is 4. The third-order valence-electron chi connectivity index (χ3n) is 3.43. The zero-order valence-corrected chi connectivity index (χ0v) is 12.3. The second kappa shape index (κ2) is 5.45. The van der Waals surface area contributed by atoms with Crippen molar-refractivity contribution < 1.29 is 14.7 Å². The van der Waals surface area contributed by atoms with Crippen molar-refractivity contribution in [2.24, 2.45) is 5.73 Å². The van der Waals surface area contributed by atoms with Crippen LogP contribution >= 0.6 is 0 Å². The minimum absolute atomic E-state index is 0.0402. The summed E-state index contributed by atoms with van der Waals surface area (Å²) in [6.45, 7) is 1.36. The quantitative estimate of drug-likeness (QED) is 0.553. The zero-order valence-electron chi connectivity index (χ0n) is 12.3. The number of nitrogens with two attached hydrogens (primary N) is 1. The molecule has 0 radical (unpaired) electrons. The second-order valence-electron chi connectivity index (χ2n) is 5.11.